The van der Waals surface area contributed by atoms with Crippen LogP contribution in [0.3, 0.4) is 0 Å². The molecule has 1 aliphatic rings. The van der Waals surface area contributed by atoms with Crippen LogP contribution in [0.4, 0.5) is 14.7 Å². The van der Waals surface area contributed by atoms with Crippen LogP contribution < -0.4 is 15.0 Å². The maximum absolute atomic E-state index is 12.4. The van der Waals surface area contributed by atoms with Gasteiger partial charge in [0.1, 0.15) is 5.75 Å². The van der Waals surface area contributed by atoms with Crippen LogP contribution in [-0.2, 0) is 11.2 Å². The molecule has 0 saturated carbocycles. The highest BCUT2D eigenvalue weighted by Gasteiger charge is 2.18. The fourth-order valence-corrected chi connectivity index (χ4v) is 2.85. The molecule has 1 aliphatic heterocycles. The molecule has 0 atom stereocenters. The van der Waals surface area contributed by atoms with E-state index >= 15 is 0 Å². The zero-order valence-corrected chi connectivity index (χ0v) is 15.7. The molecule has 1 fully saturated rings. The van der Waals surface area contributed by atoms with E-state index in [1.54, 1.807) is 12.1 Å². The van der Waals surface area contributed by atoms with Crippen molar-refractivity contribution in [2.24, 2.45) is 0 Å². The molecule has 1 aromatic heterocycles. The lowest BCUT2D eigenvalue weighted by molar-refractivity contribution is -0.0498. The van der Waals surface area contributed by atoms with E-state index in [9.17, 15) is 13.6 Å². The lowest BCUT2D eigenvalue weighted by Gasteiger charge is -2.26. The third kappa shape index (κ3) is 5.49. The van der Waals surface area contributed by atoms with Gasteiger partial charge in [-0.1, -0.05) is 23.7 Å². The van der Waals surface area contributed by atoms with Gasteiger partial charge in [-0.05, 0) is 24.1 Å². The third-order valence-electron chi connectivity index (χ3n) is 4.09. The number of carbonyl (C=O) groups is 1. The van der Waals surface area contributed by atoms with Gasteiger partial charge in [0.2, 0.25) is 5.95 Å². The maximum Gasteiger partial charge on any atom is 0.387 e. The Morgan fingerprint density at radius 3 is 2.68 bits per heavy atom. The second-order valence-corrected chi connectivity index (χ2v) is 6.40. The molecule has 1 amide bonds. The second-order valence-electron chi connectivity index (χ2n) is 5.99. The zero-order valence-electron chi connectivity index (χ0n) is 14.9. The van der Waals surface area contributed by atoms with Gasteiger partial charge in [-0.25, -0.2) is 9.97 Å². The summed E-state index contributed by atoms with van der Waals surface area (Å²) in [6, 6.07) is 6.24. The summed E-state index contributed by atoms with van der Waals surface area (Å²) in [6.07, 6.45) is 1.93. The molecule has 1 N–H and O–H groups in total. The summed E-state index contributed by atoms with van der Waals surface area (Å²) in [4.78, 5) is 22.8. The fraction of sp³-hybridized carbons (Fsp3) is 0.389. The summed E-state index contributed by atoms with van der Waals surface area (Å²) in [6.45, 7) is -0.0723. The van der Waals surface area contributed by atoms with Crippen molar-refractivity contribution in [1.82, 2.24) is 15.3 Å². The topological polar surface area (TPSA) is 76.6 Å². The molecule has 2 heterocycles. The molecule has 1 saturated heterocycles. The summed E-state index contributed by atoms with van der Waals surface area (Å²) in [5.41, 5.74) is 0.976. The highest BCUT2D eigenvalue weighted by Crippen LogP contribution is 2.18. The number of hydrogen-bond donors (Lipinski definition) is 1. The molecule has 150 valence electrons. The third-order valence-corrected chi connectivity index (χ3v) is 4.36. The van der Waals surface area contributed by atoms with Crippen molar-refractivity contribution >= 4 is 23.5 Å². The van der Waals surface area contributed by atoms with Gasteiger partial charge in [0, 0.05) is 19.6 Å². The average molecular weight is 413 g/mol. The minimum atomic E-state index is -2.86. The van der Waals surface area contributed by atoms with Crippen molar-refractivity contribution in [3.05, 3.63) is 46.7 Å². The predicted octanol–water partition coefficient (Wildman–Crippen LogP) is 2.54. The largest absolute Gasteiger partial charge is 0.435 e. The number of benzene rings is 1. The highest BCUT2D eigenvalue weighted by molar-refractivity contribution is 6.33. The standard InChI is InChI=1S/C18H19ClF2N4O3/c19-14-11-23-18(25-7-9-27-10-8-25)24-15(14)16(26)22-6-5-12-1-3-13(4-2-12)28-17(20)21/h1-4,11,17H,5-10H2,(H,22,26). The smallest absolute Gasteiger partial charge is 0.387 e. The number of morpholine rings is 1. The summed E-state index contributed by atoms with van der Waals surface area (Å²) in [5, 5.41) is 2.93. The first-order chi connectivity index (χ1) is 13.5. The Labute approximate surface area is 165 Å². The summed E-state index contributed by atoms with van der Waals surface area (Å²) in [5.74, 6) is 0.123. The predicted molar refractivity (Wildman–Crippen MR) is 99.2 cm³/mol. The van der Waals surface area contributed by atoms with Gasteiger partial charge >= 0.3 is 6.61 Å². The Bertz CT molecular complexity index is 802. The van der Waals surface area contributed by atoms with Gasteiger partial charge < -0.3 is 19.7 Å². The molecular formula is C18H19ClF2N4O3. The van der Waals surface area contributed by atoms with Crippen LogP contribution in [0.1, 0.15) is 16.1 Å². The number of alkyl halides is 2. The van der Waals surface area contributed by atoms with Gasteiger partial charge in [-0.3, -0.25) is 4.79 Å². The molecule has 0 aliphatic carbocycles. The van der Waals surface area contributed by atoms with Crippen molar-refractivity contribution in [2.45, 2.75) is 13.0 Å². The summed E-state index contributed by atoms with van der Waals surface area (Å²) >= 11 is 6.08. The minimum absolute atomic E-state index is 0.0891. The highest BCUT2D eigenvalue weighted by atomic mass is 35.5. The number of amides is 1. The number of nitrogens with one attached hydrogen (secondary N) is 1. The second kappa shape index (κ2) is 9.61. The number of ether oxygens (including phenoxy) is 2. The number of nitrogens with zero attached hydrogens (tertiary/aromatic N) is 3. The lowest BCUT2D eigenvalue weighted by atomic mass is 10.1. The number of rotatable bonds is 7. The van der Waals surface area contributed by atoms with E-state index in [0.717, 1.165) is 5.56 Å². The monoisotopic (exact) mass is 412 g/mol. The average Bonchev–Trinajstić information content (AvgIpc) is 2.70. The maximum atomic E-state index is 12.4. The van der Waals surface area contributed by atoms with Crippen molar-refractivity contribution in [1.29, 1.82) is 0 Å². The van der Waals surface area contributed by atoms with Gasteiger partial charge in [-0.2, -0.15) is 8.78 Å². The minimum Gasteiger partial charge on any atom is -0.435 e. The zero-order chi connectivity index (χ0) is 19.9. The van der Waals surface area contributed by atoms with E-state index < -0.39 is 12.5 Å². The van der Waals surface area contributed by atoms with Gasteiger partial charge in [0.05, 0.1) is 24.4 Å². The van der Waals surface area contributed by atoms with Gasteiger partial charge in [0.25, 0.3) is 5.91 Å². The van der Waals surface area contributed by atoms with Crippen molar-refractivity contribution < 1.29 is 23.0 Å². The van der Waals surface area contributed by atoms with E-state index in [1.165, 1.54) is 18.3 Å². The Hall–Kier alpha value is -2.52. The van der Waals surface area contributed by atoms with Crippen molar-refractivity contribution in [3.8, 4) is 5.75 Å². The normalized spacial score (nSPS) is 14.2. The van der Waals surface area contributed by atoms with Crippen LogP contribution in [0.2, 0.25) is 5.02 Å². The number of hydrogen-bond acceptors (Lipinski definition) is 6. The number of carbonyl (C=O) groups excluding carboxylic acids is 1. The lowest BCUT2D eigenvalue weighted by Crippen LogP contribution is -2.38. The van der Waals surface area contributed by atoms with Crippen molar-refractivity contribution in [3.63, 3.8) is 0 Å². The molecule has 10 heteroatoms. The van der Waals surface area contributed by atoms with Crippen LogP contribution in [0.5, 0.6) is 5.75 Å². The first-order valence-corrected chi connectivity index (χ1v) is 9.08. The van der Waals surface area contributed by atoms with E-state index in [1.807, 2.05) is 4.90 Å². The van der Waals surface area contributed by atoms with E-state index in [0.29, 0.717) is 45.2 Å². The molecule has 0 bridgehead atoms. The molecule has 0 radical (unpaired) electrons. The van der Waals surface area contributed by atoms with Crippen LogP contribution in [-0.4, -0.2) is 55.3 Å². The summed E-state index contributed by atoms with van der Waals surface area (Å²) < 4.78 is 33.9. The SMILES string of the molecule is O=C(NCCc1ccc(OC(F)F)cc1)c1nc(N2CCOCC2)ncc1Cl. The molecule has 28 heavy (non-hydrogen) atoms. The van der Waals surface area contributed by atoms with Crippen LogP contribution in [0, 0.1) is 0 Å². The molecule has 0 spiro atoms. The first kappa shape index (κ1) is 20.2. The fourth-order valence-electron chi connectivity index (χ4n) is 2.67. The molecule has 1 aromatic carbocycles. The number of aromatic nitrogens is 2. The first-order valence-electron chi connectivity index (χ1n) is 8.70. The molecule has 7 nitrogen and oxygen atoms in total. The Morgan fingerprint density at radius 2 is 2.00 bits per heavy atom. The van der Waals surface area contributed by atoms with E-state index in [2.05, 4.69) is 20.0 Å². The quantitative estimate of drug-likeness (QED) is 0.753. The molecule has 2 aromatic rings. The Kier molecular flexibility index (Phi) is 6.94. The van der Waals surface area contributed by atoms with Crippen LogP contribution >= 0.6 is 11.6 Å². The Balaban J connectivity index is 1.55. The Morgan fingerprint density at radius 1 is 1.29 bits per heavy atom. The van der Waals surface area contributed by atoms with Crippen LogP contribution in [0.25, 0.3) is 0 Å². The molecule has 3 rings (SSSR count). The van der Waals surface area contributed by atoms with E-state index in [4.69, 9.17) is 16.3 Å². The van der Waals surface area contributed by atoms with Crippen LogP contribution in [0.15, 0.2) is 30.5 Å². The van der Waals surface area contributed by atoms with Gasteiger partial charge in [-0.15, -0.1) is 0 Å². The molecule has 0 unspecified atom stereocenters. The molecular weight excluding hydrogens is 394 g/mol. The van der Waals surface area contributed by atoms with E-state index in [-0.39, 0.29) is 16.5 Å². The number of anilines is 1. The van der Waals surface area contributed by atoms with Gasteiger partial charge in [0.15, 0.2) is 5.69 Å². The number of halogens is 3. The summed E-state index contributed by atoms with van der Waals surface area (Å²) in [7, 11) is 0. The van der Waals surface area contributed by atoms with Crippen molar-refractivity contribution in [2.75, 3.05) is 37.7 Å².